The predicted octanol–water partition coefficient (Wildman–Crippen LogP) is 7.52. The van der Waals surface area contributed by atoms with E-state index in [4.69, 9.17) is 4.42 Å². The standard InChI is InChI=1S/C32H36FN5O/c1-22-36-37-32(39-22)25-10-14-29(15-11-25)38-18-4-5-23(21-38)19-27-6-2-3-7-30(27)35-31-20-26(16-17-34-31)24-8-12-28(33)13-9-24/h8-17,20,23,27,30H,2-7,18-19,21H2,1H3,(H,34,35)/t23?,27-,30+/m0/s1. The minimum absolute atomic E-state index is 0.215. The summed E-state index contributed by atoms with van der Waals surface area (Å²) in [6, 6.07) is 19.7. The molecule has 7 heteroatoms. The number of piperidine rings is 1. The molecular formula is C32H36FN5O. The molecule has 2 aromatic heterocycles. The first-order valence-electron chi connectivity index (χ1n) is 14.2. The molecule has 202 valence electrons. The maximum atomic E-state index is 13.4. The molecule has 2 aromatic carbocycles. The number of anilines is 2. The number of hydrogen-bond acceptors (Lipinski definition) is 6. The van der Waals surface area contributed by atoms with Crippen molar-refractivity contribution in [2.75, 3.05) is 23.3 Å². The molecule has 1 saturated heterocycles. The number of nitrogens with one attached hydrogen (secondary N) is 1. The monoisotopic (exact) mass is 525 g/mol. The highest BCUT2D eigenvalue weighted by Gasteiger charge is 2.30. The van der Waals surface area contributed by atoms with Crippen molar-refractivity contribution in [2.24, 2.45) is 11.8 Å². The molecule has 1 N–H and O–H groups in total. The van der Waals surface area contributed by atoms with Crippen molar-refractivity contribution < 1.29 is 8.81 Å². The molecule has 39 heavy (non-hydrogen) atoms. The molecule has 1 saturated carbocycles. The van der Waals surface area contributed by atoms with Crippen LogP contribution in [0.2, 0.25) is 0 Å². The minimum Gasteiger partial charge on any atom is -0.421 e. The third-order valence-electron chi connectivity index (χ3n) is 8.34. The summed E-state index contributed by atoms with van der Waals surface area (Å²) in [5.41, 5.74) is 4.29. The van der Waals surface area contributed by atoms with E-state index in [0.29, 0.717) is 29.7 Å². The molecular weight excluding hydrogens is 489 g/mol. The normalized spacial score (nSPS) is 21.6. The fourth-order valence-electron chi connectivity index (χ4n) is 6.35. The van der Waals surface area contributed by atoms with Gasteiger partial charge < -0.3 is 14.6 Å². The van der Waals surface area contributed by atoms with Crippen molar-refractivity contribution in [3.63, 3.8) is 0 Å². The van der Waals surface area contributed by atoms with Gasteiger partial charge in [-0.3, -0.25) is 0 Å². The van der Waals surface area contributed by atoms with Crippen LogP contribution in [-0.2, 0) is 0 Å². The molecule has 6 nitrogen and oxygen atoms in total. The molecule has 0 bridgehead atoms. The number of aromatic nitrogens is 3. The molecule has 2 fully saturated rings. The van der Waals surface area contributed by atoms with Gasteiger partial charge in [-0.15, -0.1) is 10.2 Å². The van der Waals surface area contributed by atoms with E-state index in [1.807, 2.05) is 31.3 Å². The Morgan fingerprint density at radius 1 is 0.897 bits per heavy atom. The molecule has 0 spiro atoms. The van der Waals surface area contributed by atoms with E-state index in [0.717, 1.165) is 35.6 Å². The number of pyridine rings is 1. The van der Waals surface area contributed by atoms with E-state index in [-0.39, 0.29) is 5.82 Å². The summed E-state index contributed by atoms with van der Waals surface area (Å²) in [5, 5.41) is 11.9. The lowest BCUT2D eigenvalue weighted by molar-refractivity contribution is 0.247. The van der Waals surface area contributed by atoms with Gasteiger partial charge in [0.2, 0.25) is 11.8 Å². The first-order chi connectivity index (χ1) is 19.1. The van der Waals surface area contributed by atoms with Crippen molar-refractivity contribution in [3.05, 3.63) is 78.6 Å². The van der Waals surface area contributed by atoms with E-state index in [1.165, 1.54) is 62.8 Å². The van der Waals surface area contributed by atoms with Gasteiger partial charge in [0, 0.05) is 43.5 Å². The Labute approximate surface area is 229 Å². The topological polar surface area (TPSA) is 67.1 Å². The van der Waals surface area contributed by atoms with Crippen LogP contribution in [0.4, 0.5) is 15.9 Å². The van der Waals surface area contributed by atoms with Crippen LogP contribution in [-0.4, -0.2) is 34.3 Å². The van der Waals surface area contributed by atoms with Crippen molar-refractivity contribution in [1.82, 2.24) is 15.2 Å². The Morgan fingerprint density at radius 3 is 2.49 bits per heavy atom. The largest absolute Gasteiger partial charge is 0.421 e. The highest BCUT2D eigenvalue weighted by atomic mass is 19.1. The summed E-state index contributed by atoms with van der Waals surface area (Å²) < 4.78 is 19.0. The zero-order valence-electron chi connectivity index (χ0n) is 22.5. The average Bonchev–Trinajstić information content (AvgIpc) is 3.41. The SMILES string of the molecule is Cc1nnc(-c2ccc(N3CCCC(C[C@@H]4CCCC[C@H]4Nc4cc(-c5ccc(F)cc5)ccn4)C3)cc2)o1. The maximum absolute atomic E-state index is 13.4. The molecule has 1 unspecified atom stereocenters. The lowest BCUT2D eigenvalue weighted by atomic mass is 9.77. The van der Waals surface area contributed by atoms with Crippen molar-refractivity contribution in [1.29, 1.82) is 0 Å². The Hall–Kier alpha value is -3.74. The van der Waals surface area contributed by atoms with Gasteiger partial charge in [-0.25, -0.2) is 9.37 Å². The van der Waals surface area contributed by atoms with E-state index < -0.39 is 0 Å². The average molecular weight is 526 g/mol. The molecule has 3 heterocycles. The van der Waals surface area contributed by atoms with Crippen molar-refractivity contribution >= 4 is 11.5 Å². The molecule has 4 aromatic rings. The zero-order chi connectivity index (χ0) is 26.6. The smallest absolute Gasteiger partial charge is 0.247 e. The van der Waals surface area contributed by atoms with Crippen molar-refractivity contribution in [3.8, 4) is 22.6 Å². The van der Waals surface area contributed by atoms with Gasteiger partial charge in [0.1, 0.15) is 11.6 Å². The van der Waals surface area contributed by atoms with Crippen LogP contribution in [0.5, 0.6) is 0 Å². The Balaban J connectivity index is 1.10. The molecule has 0 amide bonds. The van der Waals surface area contributed by atoms with Crippen LogP contribution in [0.3, 0.4) is 0 Å². The number of rotatable bonds is 7. The van der Waals surface area contributed by atoms with E-state index in [1.54, 1.807) is 0 Å². The first-order valence-corrected chi connectivity index (χ1v) is 14.2. The van der Waals surface area contributed by atoms with Gasteiger partial charge in [-0.05, 0) is 104 Å². The number of aryl methyl sites for hydroxylation is 1. The number of halogens is 1. The fourth-order valence-corrected chi connectivity index (χ4v) is 6.35. The Bertz CT molecular complexity index is 1370. The van der Waals surface area contributed by atoms with E-state index >= 15 is 0 Å². The predicted molar refractivity (Wildman–Crippen MR) is 153 cm³/mol. The van der Waals surface area contributed by atoms with Gasteiger partial charge in [-0.1, -0.05) is 25.0 Å². The van der Waals surface area contributed by atoms with Gasteiger partial charge in [0.15, 0.2) is 0 Å². The maximum Gasteiger partial charge on any atom is 0.247 e. The van der Waals surface area contributed by atoms with Crippen LogP contribution in [0.25, 0.3) is 22.6 Å². The molecule has 2 aliphatic rings. The summed E-state index contributed by atoms with van der Waals surface area (Å²) in [6.45, 7) is 4.01. The van der Waals surface area contributed by atoms with Gasteiger partial charge in [0.05, 0.1) is 0 Å². The van der Waals surface area contributed by atoms with Crippen molar-refractivity contribution in [2.45, 2.75) is 57.9 Å². The van der Waals surface area contributed by atoms with Gasteiger partial charge in [-0.2, -0.15) is 0 Å². The second-order valence-electron chi connectivity index (χ2n) is 11.1. The summed E-state index contributed by atoms with van der Waals surface area (Å²) in [4.78, 5) is 7.17. The third kappa shape index (κ3) is 6.13. The van der Waals surface area contributed by atoms with Crippen LogP contribution < -0.4 is 10.2 Å². The van der Waals surface area contributed by atoms with Gasteiger partial charge in [0.25, 0.3) is 0 Å². The van der Waals surface area contributed by atoms with Crippen LogP contribution >= 0.6 is 0 Å². The highest BCUT2D eigenvalue weighted by Crippen LogP contribution is 2.36. The Morgan fingerprint density at radius 2 is 1.69 bits per heavy atom. The summed E-state index contributed by atoms with van der Waals surface area (Å²) in [5.74, 6) is 3.18. The Kier molecular flexibility index (Phi) is 7.57. The molecule has 1 aliphatic heterocycles. The number of benzene rings is 2. The second kappa shape index (κ2) is 11.6. The first kappa shape index (κ1) is 25.5. The highest BCUT2D eigenvalue weighted by molar-refractivity contribution is 5.66. The lowest BCUT2D eigenvalue weighted by Crippen LogP contribution is -2.39. The summed E-state index contributed by atoms with van der Waals surface area (Å²) in [7, 11) is 0. The summed E-state index contributed by atoms with van der Waals surface area (Å²) >= 11 is 0. The van der Waals surface area contributed by atoms with Crippen LogP contribution in [0, 0.1) is 24.6 Å². The van der Waals surface area contributed by atoms with Gasteiger partial charge >= 0.3 is 0 Å². The number of nitrogens with zero attached hydrogens (tertiary/aromatic N) is 4. The zero-order valence-corrected chi connectivity index (χ0v) is 22.5. The quantitative estimate of drug-likeness (QED) is 0.269. The summed E-state index contributed by atoms with van der Waals surface area (Å²) in [6.07, 6.45) is 10.6. The van der Waals surface area contributed by atoms with Crippen LogP contribution in [0.15, 0.2) is 71.3 Å². The second-order valence-corrected chi connectivity index (χ2v) is 11.1. The third-order valence-corrected chi connectivity index (χ3v) is 8.34. The molecule has 0 radical (unpaired) electrons. The van der Waals surface area contributed by atoms with E-state index in [9.17, 15) is 4.39 Å². The lowest BCUT2D eigenvalue weighted by Gasteiger charge is -2.39. The minimum atomic E-state index is -0.215. The fraction of sp³-hybridized carbons (Fsp3) is 0.406. The van der Waals surface area contributed by atoms with Crippen LogP contribution in [0.1, 0.15) is 50.8 Å². The van der Waals surface area contributed by atoms with E-state index in [2.05, 4.69) is 55.7 Å². The molecule has 6 rings (SSSR count). The molecule has 1 aliphatic carbocycles. The number of hydrogen-bond donors (Lipinski definition) is 1. The molecule has 3 atom stereocenters.